The molecule has 0 saturated carbocycles. The summed E-state index contributed by atoms with van der Waals surface area (Å²) in [4.78, 5) is 11.9. The standard InChI is InChI=1S/C16H19F2N3O/c1-10(9-21-12(3)4-11(2)20-21)8-19-16(22)13-5-14(17)7-15(18)6-13/h4-7,10H,8-9H2,1-3H3,(H,19,22)/t10-/m1/s1. The van der Waals surface area contributed by atoms with Gasteiger partial charge in [-0.1, -0.05) is 6.92 Å². The maximum Gasteiger partial charge on any atom is 0.251 e. The van der Waals surface area contributed by atoms with E-state index in [0.717, 1.165) is 29.6 Å². The van der Waals surface area contributed by atoms with E-state index in [1.54, 1.807) is 0 Å². The van der Waals surface area contributed by atoms with Gasteiger partial charge in [-0.05, 0) is 38.0 Å². The topological polar surface area (TPSA) is 46.9 Å². The lowest BCUT2D eigenvalue weighted by atomic mass is 10.1. The number of halogens is 2. The zero-order chi connectivity index (χ0) is 16.3. The molecule has 0 fully saturated rings. The van der Waals surface area contributed by atoms with Crippen LogP contribution >= 0.6 is 0 Å². The monoisotopic (exact) mass is 307 g/mol. The first kappa shape index (κ1) is 16.1. The highest BCUT2D eigenvalue weighted by Crippen LogP contribution is 2.09. The van der Waals surface area contributed by atoms with E-state index in [2.05, 4.69) is 10.4 Å². The van der Waals surface area contributed by atoms with Crippen molar-refractivity contribution in [3.63, 3.8) is 0 Å². The molecule has 1 atom stereocenters. The van der Waals surface area contributed by atoms with Gasteiger partial charge in [-0.25, -0.2) is 8.78 Å². The molecule has 0 aliphatic rings. The molecule has 22 heavy (non-hydrogen) atoms. The Morgan fingerprint density at radius 3 is 2.41 bits per heavy atom. The molecule has 1 aromatic carbocycles. The van der Waals surface area contributed by atoms with Gasteiger partial charge >= 0.3 is 0 Å². The van der Waals surface area contributed by atoms with Crippen molar-refractivity contribution in [2.75, 3.05) is 6.54 Å². The first-order valence-electron chi connectivity index (χ1n) is 7.10. The van der Waals surface area contributed by atoms with Crippen LogP contribution in [0.15, 0.2) is 24.3 Å². The highest BCUT2D eigenvalue weighted by molar-refractivity contribution is 5.94. The van der Waals surface area contributed by atoms with Gasteiger partial charge < -0.3 is 5.32 Å². The Morgan fingerprint density at radius 1 is 1.23 bits per heavy atom. The Hall–Kier alpha value is -2.24. The van der Waals surface area contributed by atoms with Crippen LogP contribution in [0.5, 0.6) is 0 Å². The van der Waals surface area contributed by atoms with Gasteiger partial charge in [0.2, 0.25) is 0 Å². The SMILES string of the molecule is Cc1cc(C)n(C[C@H](C)CNC(=O)c2cc(F)cc(F)c2)n1. The van der Waals surface area contributed by atoms with E-state index in [1.165, 1.54) is 0 Å². The third-order valence-electron chi connectivity index (χ3n) is 3.32. The first-order valence-corrected chi connectivity index (χ1v) is 7.10. The highest BCUT2D eigenvalue weighted by atomic mass is 19.1. The number of aromatic nitrogens is 2. The average molecular weight is 307 g/mol. The van der Waals surface area contributed by atoms with Gasteiger partial charge in [-0.3, -0.25) is 9.48 Å². The summed E-state index contributed by atoms with van der Waals surface area (Å²) in [6, 6.07) is 4.76. The predicted octanol–water partition coefficient (Wildman–Crippen LogP) is 2.84. The summed E-state index contributed by atoms with van der Waals surface area (Å²) in [5.74, 6) is -1.87. The quantitative estimate of drug-likeness (QED) is 0.923. The van der Waals surface area contributed by atoms with Crippen LogP contribution < -0.4 is 5.32 Å². The molecule has 0 radical (unpaired) electrons. The minimum atomic E-state index is -0.763. The van der Waals surface area contributed by atoms with Crippen LogP contribution in [0.3, 0.4) is 0 Å². The van der Waals surface area contributed by atoms with Crippen LogP contribution in [0.25, 0.3) is 0 Å². The van der Waals surface area contributed by atoms with Gasteiger partial charge in [0.1, 0.15) is 11.6 Å². The Balaban J connectivity index is 1.91. The van der Waals surface area contributed by atoms with E-state index in [0.29, 0.717) is 13.1 Å². The van der Waals surface area contributed by atoms with Crippen molar-refractivity contribution in [2.45, 2.75) is 27.3 Å². The molecule has 2 aromatic rings. The lowest BCUT2D eigenvalue weighted by Gasteiger charge is -2.14. The first-order chi connectivity index (χ1) is 10.3. The van der Waals surface area contributed by atoms with Gasteiger partial charge in [0, 0.05) is 30.4 Å². The van der Waals surface area contributed by atoms with Gasteiger partial charge in [0.25, 0.3) is 5.91 Å². The molecule has 118 valence electrons. The molecule has 0 saturated heterocycles. The smallest absolute Gasteiger partial charge is 0.251 e. The number of carbonyl (C=O) groups is 1. The van der Waals surface area contributed by atoms with Crippen LogP contribution in [0.1, 0.15) is 28.7 Å². The molecule has 0 aliphatic heterocycles. The fraction of sp³-hybridized carbons (Fsp3) is 0.375. The summed E-state index contributed by atoms with van der Waals surface area (Å²) in [6.45, 7) is 6.94. The second kappa shape index (κ2) is 6.68. The fourth-order valence-corrected chi connectivity index (χ4v) is 2.27. The maximum absolute atomic E-state index is 13.1. The van der Waals surface area contributed by atoms with Crippen LogP contribution in [-0.4, -0.2) is 22.2 Å². The summed E-state index contributed by atoms with van der Waals surface area (Å²) >= 11 is 0. The van der Waals surface area contributed by atoms with Crippen molar-refractivity contribution < 1.29 is 13.6 Å². The third-order valence-corrected chi connectivity index (χ3v) is 3.32. The molecule has 1 amide bonds. The van der Waals surface area contributed by atoms with Crippen LogP contribution in [0, 0.1) is 31.4 Å². The summed E-state index contributed by atoms with van der Waals surface area (Å²) in [6.07, 6.45) is 0. The van der Waals surface area contributed by atoms with E-state index in [-0.39, 0.29) is 11.5 Å². The third kappa shape index (κ3) is 4.13. The number of carbonyl (C=O) groups excluding carboxylic acids is 1. The Labute approximate surface area is 128 Å². The summed E-state index contributed by atoms with van der Waals surface area (Å²) in [5, 5.41) is 7.05. The lowest BCUT2D eigenvalue weighted by molar-refractivity contribution is 0.0945. The summed E-state index contributed by atoms with van der Waals surface area (Å²) < 4.78 is 28.1. The van der Waals surface area contributed by atoms with Crippen LogP contribution in [0.2, 0.25) is 0 Å². The van der Waals surface area contributed by atoms with E-state index in [9.17, 15) is 13.6 Å². The fourth-order valence-electron chi connectivity index (χ4n) is 2.27. The average Bonchev–Trinajstić information content (AvgIpc) is 2.73. The van der Waals surface area contributed by atoms with Gasteiger partial charge in [0.05, 0.1) is 5.69 Å². The van der Waals surface area contributed by atoms with Crippen molar-refractivity contribution in [3.8, 4) is 0 Å². The molecule has 0 spiro atoms. The molecule has 2 rings (SSSR count). The van der Waals surface area contributed by atoms with Crippen molar-refractivity contribution in [1.29, 1.82) is 0 Å². The lowest BCUT2D eigenvalue weighted by Crippen LogP contribution is -2.30. The van der Waals surface area contributed by atoms with E-state index in [1.807, 2.05) is 31.5 Å². The molecular weight excluding hydrogens is 288 g/mol. The van der Waals surface area contributed by atoms with E-state index in [4.69, 9.17) is 0 Å². The normalized spacial score (nSPS) is 12.2. The second-order valence-corrected chi connectivity index (χ2v) is 5.58. The largest absolute Gasteiger partial charge is 0.352 e. The zero-order valence-electron chi connectivity index (χ0n) is 12.9. The molecule has 0 unspecified atom stereocenters. The van der Waals surface area contributed by atoms with Crippen molar-refractivity contribution in [3.05, 3.63) is 52.9 Å². The number of amides is 1. The number of benzene rings is 1. The Bertz CT molecular complexity index is 662. The Morgan fingerprint density at radius 2 is 1.86 bits per heavy atom. The summed E-state index contributed by atoms with van der Waals surface area (Å²) in [7, 11) is 0. The maximum atomic E-state index is 13.1. The van der Waals surface area contributed by atoms with Gasteiger partial charge in [0.15, 0.2) is 0 Å². The molecule has 6 heteroatoms. The van der Waals surface area contributed by atoms with Crippen molar-refractivity contribution in [2.24, 2.45) is 5.92 Å². The van der Waals surface area contributed by atoms with Crippen LogP contribution in [-0.2, 0) is 6.54 Å². The number of hydrogen-bond donors (Lipinski definition) is 1. The number of hydrogen-bond acceptors (Lipinski definition) is 2. The molecule has 1 N–H and O–H groups in total. The van der Waals surface area contributed by atoms with Crippen molar-refractivity contribution in [1.82, 2.24) is 15.1 Å². The highest BCUT2D eigenvalue weighted by Gasteiger charge is 2.12. The molecule has 1 heterocycles. The van der Waals surface area contributed by atoms with Crippen LogP contribution in [0.4, 0.5) is 8.78 Å². The van der Waals surface area contributed by atoms with Gasteiger partial charge in [-0.15, -0.1) is 0 Å². The minimum Gasteiger partial charge on any atom is -0.352 e. The molecule has 4 nitrogen and oxygen atoms in total. The zero-order valence-corrected chi connectivity index (χ0v) is 12.9. The summed E-state index contributed by atoms with van der Waals surface area (Å²) in [5.41, 5.74) is 1.99. The van der Waals surface area contributed by atoms with E-state index >= 15 is 0 Å². The predicted molar refractivity (Wildman–Crippen MR) is 79.6 cm³/mol. The molecule has 1 aromatic heterocycles. The number of nitrogens with one attached hydrogen (secondary N) is 1. The second-order valence-electron chi connectivity index (χ2n) is 5.58. The number of nitrogens with zero attached hydrogens (tertiary/aromatic N) is 2. The number of aryl methyl sites for hydroxylation is 2. The Kier molecular flexibility index (Phi) is 4.90. The number of rotatable bonds is 5. The van der Waals surface area contributed by atoms with Gasteiger partial charge in [-0.2, -0.15) is 5.10 Å². The van der Waals surface area contributed by atoms with E-state index < -0.39 is 17.5 Å². The minimum absolute atomic E-state index is 0.0178. The molecule has 0 bridgehead atoms. The molecular formula is C16H19F2N3O. The molecule has 0 aliphatic carbocycles. The van der Waals surface area contributed by atoms with Crippen molar-refractivity contribution >= 4 is 5.91 Å².